The van der Waals surface area contributed by atoms with Crippen molar-refractivity contribution in [2.45, 2.75) is 84.6 Å². The lowest BCUT2D eigenvalue weighted by Gasteiger charge is -2.28. The number of rotatable bonds is 5. The summed E-state index contributed by atoms with van der Waals surface area (Å²) in [7, 11) is 0. The third-order valence-corrected chi connectivity index (χ3v) is 4.53. The molecule has 0 aliphatic carbocycles. The minimum absolute atomic E-state index is 0.294. The Balaban J connectivity index is 2.87. The van der Waals surface area contributed by atoms with Crippen molar-refractivity contribution in [2.24, 2.45) is 10.4 Å². The number of unbranched alkanes of at least 4 members (excludes halogenated alkanes) is 1. The summed E-state index contributed by atoms with van der Waals surface area (Å²) in [6.07, 6.45) is 22.5. The highest BCUT2D eigenvalue weighted by Crippen LogP contribution is 2.32. The average Bonchev–Trinajstić information content (AvgIpc) is 2.47. The first-order valence-electron chi connectivity index (χ1n) is 8.60. The van der Waals surface area contributed by atoms with Crippen LogP contribution in [0.3, 0.4) is 0 Å². The molecule has 2 atom stereocenters. The van der Waals surface area contributed by atoms with Gasteiger partial charge >= 0.3 is 0 Å². The molecule has 114 valence electrons. The maximum atomic E-state index is 4.94. The van der Waals surface area contributed by atoms with E-state index < -0.39 is 0 Å². The van der Waals surface area contributed by atoms with E-state index in [9.17, 15) is 0 Å². The fraction of sp³-hybridized carbons (Fsp3) is 0.737. The van der Waals surface area contributed by atoms with Crippen molar-refractivity contribution in [3.05, 3.63) is 24.3 Å². The first-order valence-corrected chi connectivity index (χ1v) is 8.60. The van der Waals surface area contributed by atoms with Crippen LogP contribution in [0.5, 0.6) is 0 Å². The van der Waals surface area contributed by atoms with Gasteiger partial charge in [-0.25, -0.2) is 0 Å². The lowest BCUT2D eigenvalue weighted by Crippen LogP contribution is -2.22. The van der Waals surface area contributed by atoms with Crippen molar-refractivity contribution in [3.8, 4) is 0 Å². The summed E-state index contributed by atoms with van der Waals surface area (Å²) in [5.41, 5.74) is 0.294. The van der Waals surface area contributed by atoms with Gasteiger partial charge in [0.15, 0.2) is 0 Å². The molecule has 0 aromatic carbocycles. The van der Waals surface area contributed by atoms with Crippen LogP contribution in [0, 0.1) is 5.41 Å². The van der Waals surface area contributed by atoms with Crippen molar-refractivity contribution in [1.82, 2.24) is 0 Å². The monoisotopic (exact) mass is 275 g/mol. The molecule has 1 nitrogen and oxygen atoms in total. The van der Waals surface area contributed by atoms with Crippen LogP contribution < -0.4 is 0 Å². The van der Waals surface area contributed by atoms with E-state index in [1.165, 1.54) is 38.5 Å². The summed E-state index contributed by atoms with van der Waals surface area (Å²) in [6, 6.07) is 0.474. The lowest BCUT2D eigenvalue weighted by atomic mass is 9.78. The van der Waals surface area contributed by atoms with E-state index in [0.717, 1.165) is 19.3 Å². The van der Waals surface area contributed by atoms with Crippen LogP contribution in [0.2, 0.25) is 0 Å². The van der Waals surface area contributed by atoms with Gasteiger partial charge in [-0.05, 0) is 44.9 Å². The predicted octanol–water partition coefficient (Wildman–Crippen LogP) is 6.11. The summed E-state index contributed by atoms with van der Waals surface area (Å²) in [4.78, 5) is 4.94. The van der Waals surface area contributed by atoms with E-state index >= 15 is 0 Å². The molecule has 1 aliphatic heterocycles. The standard InChI is InChI=1S/C19H33N/c1-4-7-15-19(6-3)16-13-11-9-8-10-12-14-18(5-2)20-17-19/h10-13,17-18H,4-9,14-16H2,1-3H3/b12-10-,13-11-,20-17?. The third-order valence-electron chi connectivity index (χ3n) is 4.53. The van der Waals surface area contributed by atoms with Crippen LogP contribution in [0.1, 0.15) is 78.6 Å². The topological polar surface area (TPSA) is 12.4 Å². The van der Waals surface area contributed by atoms with Crippen molar-refractivity contribution < 1.29 is 0 Å². The van der Waals surface area contributed by atoms with Gasteiger partial charge in [0.2, 0.25) is 0 Å². The van der Waals surface area contributed by atoms with Gasteiger partial charge in [-0.2, -0.15) is 0 Å². The highest BCUT2D eigenvalue weighted by atomic mass is 14.8. The Morgan fingerprint density at radius 2 is 1.80 bits per heavy atom. The Hall–Kier alpha value is -0.850. The molecule has 0 saturated carbocycles. The number of aliphatic imine (C=N–C) groups is 1. The van der Waals surface area contributed by atoms with E-state index in [-0.39, 0.29) is 0 Å². The van der Waals surface area contributed by atoms with Crippen LogP contribution in [0.25, 0.3) is 0 Å². The Kier molecular flexibility index (Phi) is 8.57. The predicted molar refractivity (Wildman–Crippen MR) is 91.6 cm³/mol. The van der Waals surface area contributed by atoms with Crippen LogP contribution in [0.4, 0.5) is 0 Å². The Labute approximate surface area is 126 Å². The van der Waals surface area contributed by atoms with Gasteiger partial charge in [0, 0.05) is 11.6 Å². The normalized spacial score (nSPS) is 31.2. The lowest BCUT2D eigenvalue weighted by molar-refractivity contribution is 0.368. The van der Waals surface area contributed by atoms with Gasteiger partial charge in [0.1, 0.15) is 0 Å². The molecule has 0 radical (unpaired) electrons. The van der Waals surface area contributed by atoms with Crippen LogP contribution in [0.15, 0.2) is 29.3 Å². The molecule has 0 amide bonds. The minimum Gasteiger partial charge on any atom is -0.293 e. The number of allylic oxidation sites excluding steroid dienone is 3. The summed E-state index contributed by atoms with van der Waals surface area (Å²) in [6.45, 7) is 6.86. The summed E-state index contributed by atoms with van der Waals surface area (Å²) < 4.78 is 0. The molecule has 0 fully saturated rings. The SMILES string of the molecule is CCCCC1(CC)C=NC(CC)C/C=C\CC/C=C\C1. The number of nitrogens with zero attached hydrogens (tertiary/aromatic N) is 1. The molecule has 20 heavy (non-hydrogen) atoms. The second-order valence-corrected chi connectivity index (χ2v) is 6.12. The van der Waals surface area contributed by atoms with E-state index in [1.54, 1.807) is 0 Å². The molecule has 1 aliphatic rings. The van der Waals surface area contributed by atoms with Crippen LogP contribution >= 0.6 is 0 Å². The quantitative estimate of drug-likeness (QED) is 0.537. The van der Waals surface area contributed by atoms with Gasteiger partial charge < -0.3 is 0 Å². The molecule has 1 heteroatoms. The second kappa shape index (κ2) is 9.96. The Morgan fingerprint density at radius 3 is 2.45 bits per heavy atom. The molecular weight excluding hydrogens is 242 g/mol. The first kappa shape index (κ1) is 17.2. The molecule has 2 unspecified atom stereocenters. The molecule has 0 saturated heterocycles. The number of hydrogen-bond donors (Lipinski definition) is 0. The number of hydrogen-bond acceptors (Lipinski definition) is 1. The third kappa shape index (κ3) is 6.07. The highest BCUT2D eigenvalue weighted by Gasteiger charge is 2.24. The fourth-order valence-corrected chi connectivity index (χ4v) is 2.76. The van der Waals surface area contributed by atoms with Crippen molar-refractivity contribution >= 4 is 6.21 Å². The Bertz CT molecular complexity index is 327. The van der Waals surface area contributed by atoms with Crippen molar-refractivity contribution in [1.29, 1.82) is 0 Å². The summed E-state index contributed by atoms with van der Waals surface area (Å²) in [5, 5.41) is 0. The van der Waals surface area contributed by atoms with Gasteiger partial charge in [0.05, 0.1) is 6.04 Å². The zero-order valence-corrected chi connectivity index (χ0v) is 13.8. The molecule has 0 spiro atoms. The summed E-state index contributed by atoms with van der Waals surface area (Å²) >= 11 is 0. The maximum absolute atomic E-state index is 4.94. The van der Waals surface area contributed by atoms with Crippen molar-refractivity contribution in [3.63, 3.8) is 0 Å². The van der Waals surface area contributed by atoms with E-state index in [2.05, 4.69) is 51.3 Å². The van der Waals surface area contributed by atoms with Crippen LogP contribution in [-0.2, 0) is 0 Å². The molecular formula is C19H33N. The van der Waals surface area contributed by atoms with Crippen molar-refractivity contribution in [2.75, 3.05) is 0 Å². The molecule has 0 aromatic rings. The molecule has 0 bridgehead atoms. The first-order chi connectivity index (χ1) is 9.76. The average molecular weight is 275 g/mol. The molecule has 0 N–H and O–H groups in total. The zero-order chi connectivity index (χ0) is 14.7. The van der Waals surface area contributed by atoms with E-state index in [1.807, 2.05) is 0 Å². The zero-order valence-electron chi connectivity index (χ0n) is 13.8. The van der Waals surface area contributed by atoms with Gasteiger partial charge in [0.25, 0.3) is 0 Å². The van der Waals surface area contributed by atoms with E-state index in [0.29, 0.717) is 11.5 Å². The van der Waals surface area contributed by atoms with Gasteiger partial charge in [-0.1, -0.05) is 57.9 Å². The Morgan fingerprint density at radius 1 is 1.05 bits per heavy atom. The van der Waals surface area contributed by atoms with Gasteiger partial charge in [-0.3, -0.25) is 4.99 Å². The smallest absolute Gasteiger partial charge is 0.0527 e. The van der Waals surface area contributed by atoms with E-state index in [4.69, 9.17) is 4.99 Å². The molecule has 0 aromatic heterocycles. The highest BCUT2D eigenvalue weighted by molar-refractivity contribution is 5.66. The molecule has 1 rings (SSSR count). The minimum atomic E-state index is 0.294. The maximum Gasteiger partial charge on any atom is 0.0527 e. The van der Waals surface area contributed by atoms with Gasteiger partial charge in [-0.15, -0.1) is 0 Å². The molecule has 1 heterocycles. The largest absolute Gasteiger partial charge is 0.293 e. The fourth-order valence-electron chi connectivity index (χ4n) is 2.76. The second-order valence-electron chi connectivity index (χ2n) is 6.12. The van der Waals surface area contributed by atoms with Crippen LogP contribution in [-0.4, -0.2) is 12.3 Å². The summed E-state index contributed by atoms with van der Waals surface area (Å²) in [5.74, 6) is 0.